The second-order valence-electron chi connectivity index (χ2n) is 4.58. The van der Waals surface area contributed by atoms with Gasteiger partial charge >= 0.3 is 0 Å². The van der Waals surface area contributed by atoms with E-state index in [1.807, 2.05) is 25.1 Å². The third-order valence-corrected chi connectivity index (χ3v) is 2.77. The third-order valence-electron chi connectivity index (χ3n) is 2.77. The molecule has 100 valence electrons. The van der Waals surface area contributed by atoms with Gasteiger partial charge in [0, 0.05) is 18.7 Å². The molecule has 0 unspecified atom stereocenters. The monoisotopic (exact) mass is 264 g/mol. The molecule has 0 amide bonds. The molecule has 0 fully saturated rings. The number of benzene rings is 1. The van der Waals surface area contributed by atoms with E-state index >= 15 is 0 Å². The highest BCUT2D eigenvalue weighted by molar-refractivity contribution is 5.76. The Balaban J connectivity index is 2.56. The summed E-state index contributed by atoms with van der Waals surface area (Å²) in [6.07, 6.45) is 0.297. The van der Waals surface area contributed by atoms with Gasteiger partial charge in [0.25, 0.3) is 0 Å². The first kappa shape index (κ1) is 13.4. The van der Waals surface area contributed by atoms with Crippen molar-refractivity contribution in [1.82, 2.24) is 14.5 Å². The highest BCUT2D eigenvalue weighted by atomic mass is 19.2. The summed E-state index contributed by atoms with van der Waals surface area (Å²) in [5, 5.41) is 8.68. The van der Waals surface area contributed by atoms with Crippen LogP contribution in [0.15, 0.2) is 12.1 Å². The molecule has 0 spiro atoms. The van der Waals surface area contributed by atoms with Gasteiger partial charge in [-0.05, 0) is 14.1 Å². The second kappa shape index (κ2) is 5.33. The summed E-state index contributed by atoms with van der Waals surface area (Å²) >= 11 is 0. The van der Waals surface area contributed by atoms with Crippen LogP contribution in [0.3, 0.4) is 0 Å². The predicted molar refractivity (Wildman–Crippen MR) is 67.3 cm³/mol. The van der Waals surface area contributed by atoms with Gasteiger partial charge in [-0.1, -0.05) is 0 Å². The highest BCUT2D eigenvalue weighted by Gasteiger charge is 2.14. The lowest BCUT2D eigenvalue weighted by Crippen LogP contribution is -2.15. The Kier molecular flexibility index (Phi) is 3.76. The van der Waals surface area contributed by atoms with Crippen molar-refractivity contribution < 1.29 is 8.78 Å². The normalized spacial score (nSPS) is 11.2. The Hall–Kier alpha value is -2.00. The molecular weight excluding hydrogens is 250 g/mol. The van der Waals surface area contributed by atoms with Crippen molar-refractivity contribution in [3.05, 3.63) is 29.6 Å². The molecule has 6 heteroatoms. The highest BCUT2D eigenvalue weighted by Crippen LogP contribution is 2.21. The first-order chi connectivity index (χ1) is 9.02. The minimum absolute atomic E-state index is 0.297. The van der Waals surface area contributed by atoms with Crippen LogP contribution in [0.5, 0.6) is 0 Å². The minimum atomic E-state index is -0.908. The van der Waals surface area contributed by atoms with Gasteiger partial charge in [0.1, 0.15) is 5.82 Å². The van der Waals surface area contributed by atoms with Gasteiger partial charge < -0.3 is 9.47 Å². The molecule has 1 aromatic carbocycles. The fraction of sp³-hybridized carbons (Fsp3) is 0.385. The van der Waals surface area contributed by atoms with E-state index in [9.17, 15) is 8.78 Å². The van der Waals surface area contributed by atoms with Crippen molar-refractivity contribution in [2.75, 3.05) is 14.1 Å². The number of aryl methyl sites for hydroxylation is 1. The Labute approximate surface area is 109 Å². The topological polar surface area (TPSA) is 44.9 Å². The van der Waals surface area contributed by atoms with Crippen molar-refractivity contribution in [2.24, 2.45) is 0 Å². The fourth-order valence-electron chi connectivity index (χ4n) is 1.98. The number of nitrogens with zero attached hydrogens (tertiary/aromatic N) is 4. The van der Waals surface area contributed by atoms with E-state index in [0.29, 0.717) is 36.4 Å². The maximum absolute atomic E-state index is 13.3. The van der Waals surface area contributed by atoms with Crippen LogP contribution < -0.4 is 0 Å². The second-order valence-corrected chi connectivity index (χ2v) is 4.58. The Bertz CT molecular complexity index is 640. The molecule has 0 saturated carbocycles. The van der Waals surface area contributed by atoms with Gasteiger partial charge in [-0.3, -0.25) is 0 Å². The third kappa shape index (κ3) is 2.71. The number of fused-ring (bicyclic) bond motifs is 1. The molecule has 0 atom stereocenters. The number of nitriles is 1. The molecule has 0 saturated heterocycles. The summed E-state index contributed by atoms with van der Waals surface area (Å²) < 4.78 is 28.3. The first-order valence-corrected chi connectivity index (χ1v) is 5.88. The van der Waals surface area contributed by atoms with Crippen LogP contribution in [0, 0.1) is 23.0 Å². The van der Waals surface area contributed by atoms with E-state index in [1.54, 1.807) is 4.57 Å². The molecule has 2 rings (SSSR count). The van der Waals surface area contributed by atoms with E-state index < -0.39 is 11.6 Å². The number of aromatic nitrogens is 2. The van der Waals surface area contributed by atoms with Crippen molar-refractivity contribution in [1.29, 1.82) is 5.26 Å². The van der Waals surface area contributed by atoms with E-state index in [-0.39, 0.29) is 0 Å². The number of halogens is 2. The molecule has 0 aliphatic heterocycles. The summed E-state index contributed by atoms with van der Waals surface area (Å²) in [6.45, 7) is 0.963. The molecule has 1 aromatic heterocycles. The number of rotatable bonds is 4. The molecule has 4 nitrogen and oxygen atoms in total. The Morgan fingerprint density at radius 2 is 2.00 bits per heavy atom. The summed E-state index contributed by atoms with van der Waals surface area (Å²) in [5.74, 6) is -1.11. The molecule has 1 heterocycles. The van der Waals surface area contributed by atoms with Crippen LogP contribution in [-0.2, 0) is 13.1 Å². The molecule has 2 aromatic rings. The summed E-state index contributed by atoms with van der Waals surface area (Å²) in [5.41, 5.74) is 0.930. The molecule has 0 aliphatic carbocycles. The minimum Gasteiger partial charge on any atom is -0.326 e. The van der Waals surface area contributed by atoms with Crippen LogP contribution >= 0.6 is 0 Å². The fourth-order valence-corrected chi connectivity index (χ4v) is 1.98. The van der Waals surface area contributed by atoms with Crippen molar-refractivity contribution in [3.63, 3.8) is 0 Å². The quantitative estimate of drug-likeness (QED) is 0.851. The molecule has 19 heavy (non-hydrogen) atoms. The zero-order valence-electron chi connectivity index (χ0n) is 10.8. The smallest absolute Gasteiger partial charge is 0.161 e. The lowest BCUT2D eigenvalue weighted by Gasteiger charge is -2.11. The van der Waals surface area contributed by atoms with Crippen LogP contribution in [0.25, 0.3) is 11.0 Å². The lowest BCUT2D eigenvalue weighted by atomic mass is 10.3. The van der Waals surface area contributed by atoms with Gasteiger partial charge in [-0.25, -0.2) is 13.8 Å². The van der Waals surface area contributed by atoms with Gasteiger partial charge in [0.2, 0.25) is 0 Å². The Morgan fingerprint density at radius 3 is 2.63 bits per heavy atom. The average Bonchev–Trinajstić information content (AvgIpc) is 2.63. The summed E-state index contributed by atoms with van der Waals surface area (Å²) in [6, 6.07) is 4.27. The molecule has 0 radical (unpaired) electrons. The largest absolute Gasteiger partial charge is 0.326 e. The first-order valence-electron chi connectivity index (χ1n) is 5.88. The summed E-state index contributed by atoms with van der Waals surface area (Å²) in [4.78, 5) is 6.23. The van der Waals surface area contributed by atoms with Crippen LogP contribution in [0.2, 0.25) is 0 Å². The Morgan fingerprint density at radius 1 is 1.32 bits per heavy atom. The molecular formula is C13H14F2N4. The van der Waals surface area contributed by atoms with Gasteiger partial charge in [0.05, 0.1) is 30.1 Å². The maximum Gasteiger partial charge on any atom is 0.161 e. The SMILES string of the molecule is CN(C)Cc1nc2cc(F)c(F)cc2n1CCC#N. The van der Waals surface area contributed by atoms with Crippen LogP contribution in [0.1, 0.15) is 12.2 Å². The van der Waals surface area contributed by atoms with Gasteiger partial charge in [-0.15, -0.1) is 0 Å². The number of imidazole rings is 1. The molecule has 0 aliphatic rings. The standard InChI is InChI=1S/C13H14F2N4/c1-18(2)8-13-17-11-6-9(14)10(15)7-12(11)19(13)5-3-4-16/h6-7H,3,5,8H2,1-2H3. The summed E-state index contributed by atoms with van der Waals surface area (Å²) in [7, 11) is 3.77. The van der Waals surface area contributed by atoms with Crippen molar-refractivity contribution in [3.8, 4) is 6.07 Å². The molecule has 0 N–H and O–H groups in total. The molecule has 0 bridgehead atoms. The van der Waals surface area contributed by atoms with Gasteiger partial charge in [0.15, 0.2) is 11.6 Å². The predicted octanol–water partition coefficient (Wildman–Crippen LogP) is 2.29. The lowest BCUT2D eigenvalue weighted by molar-refractivity contribution is 0.382. The van der Waals surface area contributed by atoms with Crippen LogP contribution in [-0.4, -0.2) is 28.5 Å². The van der Waals surface area contributed by atoms with E-state index in [4.69, 9.17) is 5.26 Å². The van der Waals surface area contributed by atoms with Crippen molar-refractivity contribution in [2.45, 2.75) is 19.5 Å². The van der Waals surface area contributed by atoms with E-state index in [0.717, 1.165) is 12.1 Å². The average molecular weight is 264 g/mol. The number of hydrogen-bond donors (Lipinski definition) is 0. The van der Waals surface area contributed by atoms with E-state index in [2.05, 4.69) is 4.98 Å². The van der Waals surface area contributed by atoms with Crippen LogP contribution in [0.4, 0.5) is 8.78 Å². The van der Waals surface area contributed by atoms with Gasteiger partial charge in [-0.2, -0.15) is 5.26 Å². The zero-order valence-corrected chi connectivity index (χ0v) is 10.8. The number of hydrogen-bond acceptors (Lipinski definition) is 3. The van der Waals surface area contributed by atoms with Crippen molar-refractivity contribution >= 4 is 11.0 Å². The maximum atomic E-state index is 13.3. The zero-order chi connectivity index (χ0) is 14.0. The van der Waals surface area contributed by atoms with E-state index in [1.165, 1.54) is 0 Å².